The van der Waals surface area contributed by atoms with Crippen molar-refractivity contribution in [2.24, 2.45) is 0 Å². The summed E-state index contributed by atoms with van der Waals surface area (Å²) in [6.07, 6.45) is 2.59. The van der Waals surface area contributed by atoms with Crippen LogP contribution in [-0.2, 0) is 6.54 Å². The Morgan fingerprint density at radius 3 is 2.74 bits per heavy atom. The van der Waals surface area contributed by atoms with Gasteiger partial charge in [-0.25, -0.2) is 4.98 Å². The summed E-state index contributed by atoms with van der Waals surface area (Å²) < 4.78 is 1.68. The van der Waals surface area contributed by atoms with Gasteiger partial charge in [0.2, 0.25) is 0 Å². The molecule has 1 amide bonds. The zero-order valence-electron chi connectivity index (χ0n) is 17.8. The highest BCUT2D eigenvalue weighted by atomic mass is 16.1. The van der Waals surface area contributed by atoms with Gasteiger partial charge in [0.1, 0.15) is 5.52 Å². The van der Waals surface area contributed by atoms with Crippen molar-refractivity contribution < 1.29 is 4.79 Å². The number of amides is 1. The zero-order valence-corrected chi connectivity index (χ0v) is 17.8. The van der Waals surface area contributed by atoms with Crippen LogP contribution in [0.2, 0.25) is 0 Å². The van der Waals surface area contributed by atoms with Gasteiger partial charge in [0, 0.05) is 24.8 Å². The van der Waals surface area contributed by atoms with Crippen molar-refractivity contribution in [1.29, 1.82) is 0 Å². The molecule has 4 aromatic rings. The first-order chi connectivity index (χ1) is 15.1. The van der Waals surface area contributed by atoms with Crippen molar-refractivity contribution in [3.63, 3.8) is 0 Å². The van der Waals surface area contributed by atoms with Crippen molar-refractivity contribution in [3.8, 4) is 5.69 Å². The van der Waals surface area contributed by atoms with E-state index in [2.05, 4.69) is 56.8 Å². The zero-order chi connectivity index (χ0) is 21.6. The summed E-state index contributed by atoms with van der Waals surface area (Å²) in [5.74, 6) is -0.0811. The maximum Gasteiger partial charge on any atom is 0.251 e. The number of carbonyl (C=O) groups is 1. The Labute approximate surface area is 181 Å². The molecule has 0 fully saturated rings. The second-order valence-electron chi connectivity index (χ2n) is 7.63. The third-order valence-electron chi connectivity index (χ3n) is 5.28. The molecule has 0 saturated heterocycles. The Morgan fingerprint density at radius 1 is 1.06 bits per heavy atom. The number of benzene rings is 2. The first-order valence-corrected chi connectivity index (χ1v) is 10.4. The Morgan fingerprint density at radius 2 is 1.90 bits per heavy atom. The van der Waals surface area contributed by atoms with Gasteiger partial charge in [-0.15, -0.1) is 5.10 Å². The van der Waals surface area contributed by atoms with E-state index >= 15 is 0 Å². The highest BCUT2D eigenvalue weighted by Gasteiger charge is 2.15. The molecule has 0 spiro atoms. The molecule has 4 rings (SSSR count). The molecule has 0 bridgehead atoms. The smallest absolute Gasteiger partial charge is 0.251 e. The van der Waals surface area contributed by atoms with Crippen molar-refractivity contribution in [2.75, 3.05) is 20.1 Å². The Bertz CT molecular complexity index is 1170. The van der Waals surface area contributed by atoms with Crippen LogP contribution in [0.5, 0.6) is 0 Å². The molecule has 0 saturated carbocycles. The van der Waals surface area contributed by atoms with Crippen LogP contribution >= 0.6 is 0 Å². The molecule has 0 aliphatic rings. The summed E-state index contributed by atoms with van der Waals surface area (Å²) in [6, 6.07) is 19.7. The van der Waals surface area contributed by atoms with Gasteiger partial charge in [0.05, 0.1) is 5.69 Å². The first-order valence-electron chi connectivity index (χ1n) is 10.4. The monoisotopic (exact) mass is 414 g/mol. The van der Waals surface area contributed by atoms with E-state index in [4.69, 9.17) is 0 Å². The molecule has 2 aromatic carbocycles. The van der Waals surface area contributed by atoms with Crippen molar-refractivity contribution in [3.05, 3.63) is 83.6 Å². The third kappa shape index (κ3) is 4.78. The van der Waals surface area contributed by atoms with Crippen LogP contribution in [0.4, 0.5) is 0 Å². The van der Waals surface area contributed by atoms with Crippen LogP contribution in [0.15, 0.2) is 66.9 Å². The molecule has 0 aliphatic carbocycles. The number of hydrogen-bond donors (Lipinski definition) is 1. The van der Waals surface area contributed by atoms with Gasteiger partial charge in [-0.3, -0.25) is 4.79 Å². The number of carbonyl (C=O) groups excluding carboxylic acids is 1. The molecule has 2 heterocycles. The second-order valence-corrected chi connectivity index (χ2v) is 7.63. The Hall–Kier alpha value is -3.58. The van der Waals surface area contributed by atoms with Crippen molar-refractivity contribution >= 4 is 17.1 Å². The summed E-state index contributed by atoms with van der Waals surface area (Å²) in [5.41, 5.74) is 4.96. The largest absolute Gasteiger partial charge is 0.352 e. The minimum atomic E-state index is -0.0811. The minimum Gasteiger partial charge on any atom is -0.352 e. The van der Waals surface area contributed by atoms with E-state index in [0.717, 1.165) is 36.3 Å². The van der Waals surface area contributed by atoms with Gasteiger partial charge in [-0.05, 0) is 62.3 Å². The Kier molecular flexibility index (Phi) is 6.33. The van der Waals surface area contributed by atoms with Crippen LogP contribution < -0.4 is 5.32 Å². The fraction of sp³-hybridized carbons (Fsp3) is 0.250. The van der Waals surface area contributed by atoms with Crippen LogP contribution in [-0.4, -0.2) is 50.9 Å². The van der Waals surface area contributed by atoms with Crippen LogP contribution in [0, 0.1) is 6.92 Å². The predicted octanol–water partition coefficient (Wildman–Crippen LogP) is 3.38. The van der Waals surface area contributed by atoms with E-state index in [1.165, 1.54) is 5.56 Å². The number of fused-ring (bicyclic) bond motifs is 1. The summed E-state index contributed by atoms with van der Waals surface area (Å²) >= 11 is 0. The molecule has 0 atom stereocenters. The number of hydrogen-bond acceptors (Lipinski definition) is 5. The molecule has 31 heavy (non-hydrogen) atoms. The molecule has 158 valence electrons. The molecule has 0 unspecified atom stereocenters. The fourth-order valence-electron chi connectivity index (χ4n) is 3.65. The molecule has 1 N–H and O–H groups in total. The van der Waals surface area contributed by atoms with E-state index in [1.807, 2.05) is 43.3 Å². The maximum atomic E-state index is 12.8. The minimum absolute atomic E-state index is 0.0811. The second kappa shape index (κ2) is 9.49. The van der Waals surface area contributed by atoms with Gasteiger partial charge >= 0.3 is 0 Å². The van der Waals surface area contributed by atoms with Gasteiger partial charge in [0.15, 0.2) is 5.65 Å². The van der Waals surface area contributed by atoms with E-state index in [1.54, 1.807) is 10.9 Å². The van der Waals surface area contributed by atoms with E-state index in [0.29, 0.717) is 17.8 Å². The molecular formula is C24H26N6O. The van der Waals surface area contributed by atoms with Crippen molar-refractivity contribution in [1.82, 2.24) is 30.2 Å². The average molecular weight is 415 g/mol. The van der Waals surface area contributed by atoms with E-state index < -0.39 is 0 Å². The quantitative estimate of drug-likeness (QED) is 0.448. The van der Waals surface area contributed by atoms with Gasteiger partial charge in [0.25, 0.3) is 5.91 Å². The lowest BCUT2D eigenvalue weighted by Crippen LogP contribution is -2.28. The lowest BCUT2D eigenvalue weighted by Gasteiger charge is -2.17. The lowest BCUT2D eigenvalue weighted by atomic mass is 10.1. The predicted molar refractivity (Wildman–Crippen MR) is 121 cm³/mol. The standard InChI is InChI=1S/C24H26N6O/c1-18-20(11-6-13-22(18)30-23-21(27-28-30)12-7-14-25-23)24(31)26-15-8-16-29(2)17-19-9-4-3-5-10-19/h3-7,9-14H,8,15-17H2,1-2H3,(H,26,31). The highest BCUT2D eigenvalue weighted by molar-refractivity contribution is 5.96. The summed E-state index contributed by atoms with van der Waals surface area (Å²) in [6.45, 7) is 4.35. The van der Waals surface area contributed by atoms with Crippen LogP contribution in [0.25, 0.3) is 16.9 Å². The highest BCUT2D eigenvalue weighted by Crippen LogP contribution is 2.20. The molecule has 0 radical (unpaired) electrons. The molecule has 7 nitrogen and oxygen atoms in total. The average Bonchev–Trinajstić information content (AvgIpc) is 3.21. The van der Waals surface area contributed by atoms with Gasteiger partial charge in [-0.2, -0.15) is 4.68 Å². The number of nitrogens with one attached hydrogen (secondary N) is 1. The topological polar surface area (TPSA) is 75.9 Å². The lowest BCUT2D eigenvalue weighted by molar-refractivity contribution is 0.0951. The Balaban J connectivity index is 1.36. The third-order valence-corrected chi connectivity index (χ3v) is 5.28. The van der Waals surface area contributed by atoms with Gasteiger partial charge < -0.3 is 10.2 Å². The van der Waals surface area contributed by atoms with Crippen LogP contribution in [0.3, 0.4) is 0 Å². The number of aromatic nitrogens is 4. The molecule has 7 heteroatoms. The molecule has 2 aromatic heterocycles. The number of nitrogens with zero attached hydrogens (tertiary/aromatic N) is 5. The van der Waals surface area contributed by atoms with E-state index in [-0.39, 0.29) is 5.91 Å². The van der Waals surface area contributed by atoms with Crippen LogP contribution in [0.1, 0.15) is 27.9 Å². The normalized spacial score (nSPS) is 11.2. The summed E-state index contributed by atoms with van der Waals surface area (Å²) in [7, 11) is 2.10. The first kappa shape index (κ1) is 20.7. The SMILES string of the molecule is Cc1c(C(=O)NCCCN(C)Cc2ccccc2)cccc1-n1nnc2cccnc21. The summed E-state index contributed by atoms with van der Waals surface area (Å²) in [4.78, 5) is 19.4. The van der Waals surface area contributed by atoms with E-state index in [9.17, 15) is 4.79 Å². The molecular weight excluding hydrogens is 388 g/mol. The van der Waals surface area contributed by atoms with Gasteiger partial charge in [-0.1, -0.05) is 41.6 Å². The summed E-state index contributed by atoms with van der Waals surface area (Å²) in [5, 5.41) is 11.4. The van der Waals surface area contributed by atoms with Crippen molar-refractivity contribution in [2.45, 2.75) is 19.9 Å². The fourth-order valence-corrected chi connectivity index (χ4v) is 3.65. The maximum absolute atomic E-state index is 12.8. The number of pyridine rings is 1. The number of rotatable bonds is 8. The molecule has 0 aliphatic heterocycles.